The standard InChI is InChI=1S/C8H16F3O2PS/c1-6(2)7(3)4-14(12,15)13-5-8(9,10)11/h6-7H,4-5H2,1-3H3,(H,12,15). The highest BCUT2D eigenvalue weighted by molar-refractivity contribution is 8.09. The van der Waals surface area contributed by atoms with Crippen LogP contribution in [-0.4, -0.2) is 23.8 Å². The third-order valence-corrected chi connectivity index (χ3v) is 4.42. The normalized spacial score (nSPS) is 18.9. The highest BCUT2D eigenvalue weighted by atomic mass is 32.5. The zero-order chi connectivity index (χ0) is 12.3. The SMILES string of the molecule is CC(C)C(C)CP(O)(=S)OCC(F)(F)F. The van der Waals surface area contributed by atoms with Gasteiger partial charge in [-0.2, -0.15) is 13.2 Å². The summed E-state index contributed by atoms with van der Waals surface area (Å²) in [7, 11) is 0. The first-order chi connectivity index (χ1) is 6.53. The average Bonchev–Trinajstić information content (AvgIpc) is 1.99. The molecule has 0 spiro atoms. The third-order valence-electron chi connectivity index (χ3n) is 2.09. The first kappa shape index (κ1) is 15.4. The Hall–Kier alpha value is 0.360. The summed E-state index contributed by atoms with van der Waals surface area (Å²) in [6, 6.07) is 0. The predicted molar refractivity (Wildman–Crippen MR) is 57.4 cm³/mol. The lowest BCUT2D eigenvalue weighted by Gasteiger charge is -2.22. The predicted octanol–water partition coefficient (Wildman–Crippen LogP) is 3.16. The Morgan fingerprint density at radius 2 is 1.80 bits per heavy atom. The average molecular weight is 264 g/mol. The van der Waals surface area contributed by atoms with E-state index in [1.165, 1.54) is 0 Å². The topological polar surface area (TPSA) is 29.5 Å². The van der Waals surface area contributed by atoms with Gasteiger partial charge in [-0.15, -0.1) is 0 Å². The van der Waals surface area contributed by atoms with Crippen molar-refractivity contribution in [3.05, 3.63) is 0 Å². The number of rotatable bonds is 5. The molecule has 0 rings (SSSR count). The number of alkyl halides is 3. The Bertz CT molecular complexity index is 243. The van der Waals surface area contributed by atoms with Crippen molar-refractivity contribution in [1.82, 2.24) is 0 Å². The molecule has 1 N–H and O–H groups in total. The van der Waals surface area contributed by atoms with Crippen molar-refractivity contribution in [2.24, 2.45) is 11.8 Å². The van der Waals surface area contributed by atoms with Crippen molar-refractivity contribution in [2.75, 3.05) is 12.8 Å². The molecule has 0 radical (unpaired) electrons. The Labute approximate surface area is 93.0 Å². The van der Waals surface area contributed by atoms with Crippen LogP contribution in [0.15, 0.2) is 0 Å². The smallest absolute Gasteiger partial charge is 0.345 e. The summed E-state index contributed by atoms with van der Waals surface area (Å²) in [6.07, 6.45) is -4.32. The first-order valence-corrected chi connectivity index (χ1v) is 7.42. The third kappa shape index (κ3) is 8.20. The fourth-order valence-electron chi connectivity index (χ4n) is 0.802. The van der Waals surface area contributed by atoms with Gasteiger partial charge < -0.3 is 9.42 Å². The summed E-state index contributed by atoms with van der Waals surface area (Å²) >= 11 is 4.65. The fraction of sp³-hybridized carbons (Fsp3) is 1.00. The van der Waals surface area contributed by atoms with Crippen molar-refractivity contribution in [2.45, 2.75) is 26.9 Å². The van der Waals surface area contributed by atoms with Crippen LogP contribution >= 0.6 is 6.49 Å². The molecule has 15 heavy (non-hydrogen) atoms. The van der Waals surface area contributed by atoms with Crippen LogP contribution in [0, 0.1) is 11.8 Å². The molecule has 0 fully saturated rings. The molecule has 0 aliphatic carbocycles. The van der Waals surface area contributed by atoms with Crippen LogP contribution in [-0.2, 0) is 16.3 Å². The van der Waals surface area contributed by atoms with Gasteiger partial charge in [-0.05, 0) is 23.6 Å². The Morgan fingerprint density at radius 1 is 1.33 bits per heavy atom. The lowest BCUT2D eigenvalue weighted by molar-refractivity contribution is -0.153. The zero-order valence-corrected chi connectivity index (χ0v) is 10.6. The summed E-state index contributed by atoms with van der Waals surface area (Å²) in [5, 5.41) is 0. The highest BCUT2D eigenvalue weighted by Gasteiger charge is 2.31. The summed E-state index contributed by atoms with van der Waals surface area (Å²) < 4.78 is 39.8. The maximum Gasteiger partial charge on any atom is 0.412 e. The minimum Gasteiger partial charge on any atom is -0.345 e. The van der Waals surface area contributed by atoms with Gasteiger partial charge in [0.1, 0.15) is 6.61 Å². The number of hydrogen-bond donors (Lipinski definition) is 1. The maximum absolute atomic E-state index is 11.8. The highest BCUT2D eigenvalue weighted by Crippen LogP contribution is 2.46. The van der Waals surface area contributed by atoms with Crippen molar-refractivity contribution < 1.29 is 22.6 Å². The summed E-state index contributed by atoms with van der Waals surface area (Å²) in [5.74, 6) is 0.308. The molecular weight excluding hydrogens is 248 g/mol. The fourth-order valence-corrected chi connectivity index (χ4v) is 3.27. The van der Waals surface area contributed by atoms with Gasteiger partial charge in [0.15, 0.2) is 6.49 Å². The lowest BCUT2D eigenvalue weighted by atomic mass is 10.0. The second-order valence-corrected chi connectivity index (χ2v) is 7.54. The minimum absolute atomic E-state index is 0.0501. The van der Waals surface area contributed by atoms with Gasteiger partial charge in [0.25, 0.3) is 0 Å². The van der Waals surface area contributed by atoms with E-state index < -0.39 is 19.3 Å². The van der Waals surface area contributed by atoms with E-state index in [-0.39, 0.29) is 18.0 Å². The van der Waals surface area contributed by atoms with E-state index in [2.05, 4.69) is 16.3 Å². The molecule has 0 aromatic heterocycles. The van der Waals surface area contributed by atoms with E-state index in [1.54, 1.807) is 0 Å². The van der Waals surface area contributed by atoms with E-state index in [1.807, 2.05) is 20.8 Å². The molecule has 2 atom stereocenters. The van der Waals surface area contributed by atoms with Crippen LogP contribution in [0.5, 0.6) is 0 Å². The van der Waals surface area contributed by atoms with Gasteiger partial charge >= 0.3 is 6.18 Å². The molecule has 0 saturated heterocycles. The van der Waals surface area contributed by atoms with Gasteiger partial charge in [-0.3, -0.25) is 0 Å². The van der Waals surface area contributed by atoms with Crippen molar-refractivity contribution >= 4 is 18.3 Å². The number of hydrogen-bond acceptors (Lipinski definition) is 2. The molecule has 0 bridgehead atoms. The van der Waals surface area contributed by atoms with E-state index in [0.717, 1.165) is 0 Å². The summed E-state index contributed by atoms with van der Waals surface area (Å²) in [4.78, 5) is 9.50. The molecule has 0 saturated carbocycles. The van der Waals surface area contributed by atoms with E-state index in [4.69, 9.17) is 0 Å². The van der Waals surface area contributed by atoms with Gasteiger partial charge in [0.2, 0.25) is 0 Å². The largest absolute Gasteiger partial charge is 0.412 e. The van der Waals surface area contributed by atoms with Crippen molar-refractivity contribution in [3.8, 4) is 0 Å². The summed E-state index contributed by atoms with van der Waals surface area (Å²) in [6.45, 7) is 0.921. The first-order valence-electron chi connectivity index (χ1n) is 4.56. The van der Waals surface area contributed by atoms with Crippen LogP contribution in [0.3, 0.4) is 0 Å². The molecule has 0 aromatic rings. The minimum atomic E-state index is -4.44. The Kier molecular flexibility index (Phi) is 5.75. The molecule has 2 unspecified atom stereocenters. The van der Waals surface area contributed by atoms with E-state index in [0.29, 0.717) is 0 Å². The van der Waals surface area contributed by atoms with Crippen molar-refractivity contribution in [1.29, 1.82) is 0 Å². The molecule has 0 heterocycles. The molecular formula is C8H16F3O2PS. The van der Waals surface area contributed by atoms with Gasteiger partial charge in [0.05, 0.1) is 0 Å². The molecule has 0 aromatic carbocycles. The van der Waals surface area contributed by atoms with Crippen LogP contribution in [0.1, 0.15) is 20.8 Å². The molecule has 2 nitrogen and oxygen atoms in total. The Balaban J connectivity index is 4.14. The second-order valence-electron chi connectivity index (χ2n) is 3.93. The second kappa shape index (κ2) is 5.62. The lowest BCUT2D eigenvalue weighted by Crippen LogP contribution is -2.18. The van der Waals surface area contributed by atoms with Crippen molar-refractivity contribution in [3.63, 3.8) is 0 Å². The van der Waals surface area contributed by atoms with Crippen LogP contribution in [0.25, 0.3) is 0 Å². The van der Waals surface area contributed by atoms with Crippen LogP contribution in [0.2, 0.25) is 0 Å². The number of halogens is 3. The van der Waals surface area contributed by atoms with Gasteiger partial charge in [0, 0.05) is 6.16 Å². The molecule has 0 aliphatic heterocycles. The summed E-state index contributed by atoms with van der Waals surface area (Å²) in [5.41, 5.74) is 0. The molecule has 0 aliphatic rings. The molecule has 7 heteroatoms. The zero-order valence-electron chi connectivity index (χ0n) is 8.91. The van der Waals surface area contributed by atoms with Crippen LogP contribution < -0.4 is 0 Å². The van der Waals surface area contributed by atoms with E-state index in [9.17, 15) is 18.1 Å². The van der Waals surface area contributed by atoms with Crippen LogP contribution in [0.4, 0.5) is 13.2 Å². The van der Waals surface area contributed by atoms with Gasteiger partial charge in [-0.1, -0.05) is 20.8 Å². The van der Waals surface area contributed by atoms with Gasteiger partial charge in [-0.25, -0.2) is 0 Å². The molecule has 92 valence electrons. The monoisotopic (exact) mass is 264 g/mol. The quantitative estimate of drug-likeness (QED) is 0.773. The Morgan fingerprint density at radius 3 is 2.13 bits per heavy atom. The maximum atomic E-state index is 11.8. The molecule has 0 amide bonds. The van der Waals surface area contributed by atoms with E-state index >= 15 is 0 Å².